The molecule has 0 fully saturated rings. The second kappa shape index (κ2) is 3.20. The standard InChI is InChI=1S/C12H12N4/c1-8-3-4-11-9(7-8)12(15-16(11)2)10-5-6-13-14-10/h3-7H,1-2H3,(H,13,14). The number of hydrogen-bond acceptors (Lipinski definition) is 2. The van der Waals surface area contributed by atoms with E-state index < -0.39 is 0 Å². The van der Waals surface area contributed by atoms with E-state index in [2.05, 4.69) is 40.4 Å². The molecule has 2 heterocycles. The highest BCUT2D eigenvalue weighted by atomic mass is 15.3. The number of nitrogens with zero attached hydrogens (tertiary/aromatic N) is 3. The summed E-state index contributed by atoms with van der Waals surface area (Å²) >= 11 is 0. The Morgan fingerprint density at radius 2 is 2.12 bits per heavy atom. The van der Waals surface area contributed by atoms with Crippen molar-refractivity contribution in [3.05, 3.63) is 36.0 Å². The SMILES string of the molecule is Cc1ccc2c(c1)c(-c1ccn[nH]1)nn2C. The molecular formula is C12H12N4. The number of H-pyrrole nitrogens is 1. The van der Waals surface area contributed by atoms with E-state index in [0.717, 1.165) is 22.3 Å². The van der Waals surface area contributed by atoms with Gasteiger partial charge in [0, 0.05) is 18.6 Å². The maximum atomic E-state index is 4.52. The molecule has 0 aliphatic rings. The average molecular weight is 212 g/mol. The van der Waals surface area contributed by atoms with Gasteiger partial charge in [-0.05, 0) is 25.1 Å². The summed E-state index contributed by atoms with van der Waals surface area (Å²) in [6.07, 6.45) is 1.74. The fourth-order valence-corrected chi connectivity index (χ4v) is 1.97. The zero-order chi connectivity index (χ0) is 11.1. The molecule has 3 rings (SSSR count). The first-order chi connectivity index (χ1) is 7.75. The van der Waals surface area contributed by atoms with Gasteiger partial charge in [0.1, 0.15) is 5.69 Å². The summed E-state index contributed by atoms with van der Waals surface area (Å²) in [5.74, 6) is 0. The van der Waals surface area contributed by atoms with Crippen LogP contribution in [-0.2, 0) is 7.05 Å². The molecule has 1 aromatic carbocycles. The van der Waals surface area contributed by atoms with Gasteiger partial charge >= 0.3 is 0 Å². The Morgan fingerprint density at radius 3 is 2.88 bits per heavy atom. The van der Waals surface area contributed by atoms with Crippen molar-refractivity contribution in [3.8, 4) is 11.4 Å². The van der Waals surface area contributed by atoms with Crippen LogP contribution >= 0.6 is 0 Å². The lowest BCUT2D eigenvalue weighted by Gasteiger charge is -1.95. The first-order valence-electron chi connectivity index (χ1n) is 5.19. The molecule has 4 heteroatoms. The smallest absolute Gasteiger partial charge is 0.118 e. The van der Waals surface area contributed by atoms with Gasteiger partial charge in [0.25, 0.3) is 0 Å². The minimum Gasteiger partial charge on any atom is -0.276 e. The lowest BCUT2D eigenvalue weighted by molar-refractivity contribution is 0.799. The molecule has 0 aliphatic heterocycles. The van der Waals surface area contributed by atoms with Crippen LogP contribution in [0.15, 0.2) is 30.5 Å². The Hall–Kier alpha value is -2.10. The lowest BCUT2D eigenvalue weighted by Crippen LogP contribution is -1.89. The molecular weight excluding hydrogens is 200 g/mol. The van der Waals surface area contributed by atoms with Gasteiger partial charge in [-0.2, -0.15) is 10.2 Å². The maximum Gasteiger partial charge on any atom is 0.118 e. The first kappa shape index (κ1) is 9.15. The first-order valence-corrected chi connectivity index (χ1v) is 5.19. The number of aromatic nitrogens is 4. The van der Waals surface area contributed by atoms with Crippen LogP contribution in [0.1, 0.15) is 5.56 Å². The number of benzene rings is 1. The molecule has 4 nitrogen and oxygen atoms in total. The monoisotopic (exact) mass is 212 g/mol. The Labute approximate surface area is 92.9 Å². The molecule has 0 saturated carbocycles. The van der Waals surface area contributed by atoms with Crippen LogP contribution < -0.4 is 0 Å². The Morgan fingerprint density at radius 1 is 1.25 bits per heavy atom. The predicted octanol–water partition coefficient (Wildman–Crippen LogP) is 2.27. The van der Waals surface area contributed by atoms with Crippen molar-refractivity contribution in [2.45, 2.75) is 6.92 Å². The van der Waals surface area contributed by atoms with Crippen molar-refractivity contribution in [3.63, 3.8) is 0 Å². The summed E-state index contributed by atoms with van der Waals surface area (Å²) in [5, 5.41) is 12.6. The van der Waals surface area contributed by atoms with Crippen LogP contribution in [0.5, 0.6) is 0 Å². The van der Waals surface area contributed by atoms with Gasteiger partial charge < -0.3 is 0 Å². The Balaban J connectivity index is 2.37. The molecule has 1 N–H and O–H groups in total. The highest BCUT2D eigenvalue weighted by molar-refractivity contribution is 5.92. The Kier molecular flexibility index (Phi) is 1.83. The van der Waals surface area contributed by atoms with E-state index in [4.69, 9.17) is 0 Å². The quantitative estimate of drug-likeness (QED) is 0.672. The van der Waals surface area contributed by atoms with Crippen molar-refractivity contribution in [2.24, 2.45) is 7.05 Å². The predicted molar refractivity (Wildman–Crippen MR) is 63.0 cm³/mol. The number of aromatic amines is 1. The average Bonchev–Trinajstić information content (AvgIpc) is 2.86. The minimum atomic E-state index is 0.955. The van der Waals surface area contributed by atoms with Gasteiger partial charge in [-0.1, -0.05) is 11.6 Å². The van der Waals surface area contributed by atoms with Crippen LogP contribution in [-0.4, -0.2) is 20.0 Å². The van der Waals surface area contributed by atoms with Gasteiger partial charge in [0.05, 0.1) is 11.2 Å². The molecule has 0 amide bonds. The van der Waals surface area contributed by atoms with Gasteiger partial charge in [-0.25, -0.2) is 0 Å². The molecule has 3 aromatic rings. The van der Waals surface area contributed by atoms with Crippen molar-refractivity contribution >= 4 is 10.9 Å². The van der Waals surface area contributed by atoms with Gasteiger partial charge in [-0.3, -0.25) is 9.78 Å². The van der Waals surface area contributed by atoms with Crippen molar-refractivity contribution in [1.29, 1.82) is 0 Å². The zero-order valence-electron chi connectivity index (χ0n) is 9.23. The number of rotatable bonds is 1. The fraction of sp³-hybridized carbons (Fsp3) is 0.167. The van der Waals surface area contributed by atoms with E-state index in [1.807, 2.05) is 17.8 Å². The molecule has 16 heavy (non-hydrogen) atoms. The molecule has 0 bridgehead atoms. The summed E-state index contributed by atoms with van der Waals surface area (Å²) in [6, 6.07) is 8.28. The fourth-order valence-electron chi connectivity index (χ4n) is 1.97. The molecule has 0 aliphatic carbocycles. The van der Waals surface area contributed by atoms with Gasteiger partial charge in [0.2, 0.25) is 0 Å². The normalized spacial score (nSPS) is 11.1. The van der Waals surface area contributed by atoms with E-state index in [0.29, 0.717) is 0 Å². The van der Waals surface area contributed by atoms with Crippen molar-refractivity contribution in [2.75, 3.05) is 0 Å². The molecule has 2 aromatic heterocycles. The van der Waals surface area contributed by atoms with Crippen molar-refractivity contribution < 1.29 is 0 Å². The van der Waals surface area contributed by atoms with E-state index in [9.17, 15) is 0 Å². The lowest BCUT2D eigenvalue weighted by atomic mass is 10.1. The highest BCUT2D eigenvalue weighted by Gasteiger charge is 2.11. The molecule has 0 radical (unpaired) electrons. The van der Waals surface area contributed by atoms with E-state index >= 15 is 0 Å². The summed E-state index contributed by atoms with van der Waals surface area (Å²) < 4.78 is 1.89. The second-order valence-corrected chi connectivity index (χ2v) is 3.96. The third kappa shape index (κ3) is 1.23. The molecule has 0 unspecified atom stereocenters. The molecule has 0 atom stereocenters. The highest BCUT2D eigenvalue weighted by Crippen LogP contribution is 2.26. The topological polar surface area (TPSA) is 46.5 Å². The van der Waals surface area contributed by atoms with Crippen LogP contribution in [0.3, 0.4) is 0 Å². The van der Waals surface area contributed by atoms with Crippen LogP contribution in [0, 0.1) is 6.92 Å². The number of aryl methyl sites for hydroxylation is 2. The zero-order valence-corrected chi connectivity index (χ0v) is 9.23. The number of hydrogen-bond donors (Lipinski definition) is 1. The molecule has 0 saturated heterocycles. The number of fused-ring (bicyclic) bond motifs is 1. The largest absolute Gasteiger partial charge is 0.276 e. The summed E-state index contributed by atoms with van der Waals surface area (Å²) in [7, 11) is 1.96. The van der Waals surface area contributed by atoms with Crippen LogP contribution in [0.4, 0.5) is 0 Å². The van der Waals surface area contributed by atoms with E-state index in [1.165, 1.54) is 5.56 Å². The van der Waals surface area contributed by atoms with Crippen LogP contribution in [0.2, 0.25) is 0 Å². The van der Waals surface area contributed by atoms with E-state index in [1.54, 1.807) is 6.20 Å². The van der Waals surface area contributed by atoms with Crippen LogP contribution in [0.25, 0.3) is 22.3 Å². The van der Waals surface area contributed by atoms with E-state index in [-0.39, 0.29) is 0 Å². The van der Waals surface area contributed by atoms with Gasteiger partial charge in [-0.15, -0.1) is 0 Å². The summed E-state index contributed by atoms with van der Waals surface area (Å²) in [5.41, 5.74) is 4.28. The number of nitrogens with one attached hydrogen (secondary N) is 1. The summed E-state index contributed by atoms with van der Waals surface area (Å²) in [6.45, 7) is 2.09. The second-order valence-electron chi connectivity index (χ2n) is 3.96. The van der Waals surface area contributed by atoms with Gasteiger partial charge in [0.15, 0.2) is 0 Å². The molecule has 80 valence electrons. The third-order valence-electron chi connectivity index (χ3n) is 2.76. The Bertz CT molecular complexity index is 634. The van der Waals surface area contributed by atoms with Crippen molar-refractivity contribution in [1.82, 2.24) is 20.0 Å². The maximum absolute atomic E-state index is 4.52. The minimum absolute atomic E-state index is 0.955. The molecule has 0 spiro atoms. The summed E-state index contributed by atoms with van der Waals surface area (Å²) in [4.78, 5) is 0. The third-order valence-corrected chi connectivity index (χ3v) is 2.76.